The van der Waals surface area contributed by atoms with Crippen LogP contribution in [0, 0.1) is 5.82 Å². The van der Waals surface area contributed by atoms with Crippen molar-refractivity contribution in [3.05, 3.63) is 58.0 Å². The molecule has 0 aliphatic heterocycles. The second kappa shape index (κ2) is 5.94. The summed E-state index contributed by atoms with van der Waals surface area (Å²) in [4.78, 5) is 1.31. The monoisotopic (exact) mass is 249 g/mol. The smallest absolute Gasteiger partial charge is 0.126 e. The third-order valence-electron chi connectivity index (χ3n) is 2.69. The normalized spacial score (nSPS) is 12.6. The first kappa shape index (κ1) is 12.3. The summed E-state index contributed by atoms with van der Waals surface area (Å²) in [6, 6.07) is 11.4. The van der Waals surface area contributed by atoms with Gasteiger partial charge in [-0.05, 0) is 36.4 Å². The zero-order chi connectivity index (χ0) is 12.1. The van der Waals surface area contributed by atoms with Crippen LogP contribution >= 0.6 is 11.3 Å². The van der Waals surface area contributed by atoms with E-state index in [9.17, 15) is 4.39 Å². The molecule has 0 fully saturated rings. The Balaban J connectivity index is 1.85. The molecule has 3 heteroatoms. The van der Waals surface area contributed by atoms with Gasteiger partial charge in [0, 0.05) is 17.5 Å². The quantitative estimate of drug-likeness (QED) is 0.853. The molecule has 1 aromatic heterocycles. The molecule has 0 aliphatic carbocycles. The lowest BCUT2D eigenvalue weighted by atomic mass is 10.1. The first-order chi connectivity index (χ1) is 8.25. The third kappa shape index (κ3) is 3.65. The highest BCUT2D eigenvalue weighted by atomic mass is 32.1. The second-order valence-electron chi connectivity index (χ2n) is 4.16. The zero-order valence-electron chi connectivity index (χ0n) is 9.82. The molecular weight excluding hydrogens is 233 g/mol. The maximum absolute atomic E-state index is 13.4. The molecule has 0 saturated carbocycles. The maximum Gasteiger partial charge on any atom is 0.126 e. The molecule has 17 heavy (non-hydrogen) atoms. The van der Waals surface area contributed by atoms with Crippen LogP contribution in [0.5, 0.6) is 0 Å². The van der Waals surface area contributed by atoms with Crippen molar-refractivity contribution in [3.63, 3.8) is 0 Å². The highest BCUT2D eigenvalue weighted by Gasteiger charge is 2.07. The van der Waals surface area contributed by atoms with Gasteiger partial charge in [0.05, 0.1) is 0 Å². The fourth-order valence-corrected chi connectivity index (χ4v) is 2.41. The van der Waals surface area contributed by atoms with Crippen LogP contribution in [0.15, 0.2) is 41.8 Å². The standard InChI is InChI=1S/C14H16FNS/c1-11(16-10-13-6-4-8-17-13)9-12-5-2-3-7-14(12)15/h2-8,11,16H,9-10H2,1H3. The molecule has 0 amide bonds. The molecule has 0 saturated heterocycles. The number of hydrogen-bond donors (Lipinski definition) is 1. The van der Waals surface area contributed by atoms with Crippen LogP contribution in [0.2, 0.25) is 0 Å². The van der Waals surface area contributed by atoms with Gasteiger partial charge in [0.2, 0.25) is 0 Å². The van der Waals surface area contributed by atoms with E-state index in [-0.39, 0.29) is 11.9 Å². The van der Waals surface area contributed by atoms with Crippen molar-refractivity contribution in [2.24, 2.45) is 0 Å². The van der Waals surface area contributed by atoms with Crippen LogP contribution in [-0.4, -0.2) is 6.04 Å². The Bertz CT molecular complexity index is 453. The van der Waals surface area contributed by atoms with Crippen molar-refractivity contribution in [1.82, 2.24) is 5.32 Å². The van der Waals surface area contributed by atoms with Gasteiger partial charge in [-0.25, -0.2) is 4.39 Å². The topological polar surface area (TPSA) is 12.0 Å². The number of hydrogen-bond acceptors (Lipinski definition) is 2. The van der Waals surface area contributed by atoms with Crippen LogP contribution < -0.4 is 5.32 Å². The lowest BCUT2D eigenvalue weighted by molar-refractivity contribution is 0.528. The molecule has 0 bridgehead atoms. The van der Waals surface area contributed by atoms with E-state index in [1.54, 1.807) is 17.4 Å². The predicted molar refractivity (Wildman–Crippen MR) is 70.7 cm³/mol. The number of thiophene rings is 1. The van der Waals surface area contributed by atoms with Crippen LogP contribution in [0.25, 0.3) is 0 Å². The molecule has 1 heterocycles. The number of benzene rings is 1. The molecule has 1 atom stereocenters. The van der Waals surface area contributed by atoms with E-state index in [2.05, 4.69) is 23.7 Å². The van der Waals surface area contributed by atoms with Crippen molar-refractivity contribution in [3.8, 4) is 0 Å². The molecule has 2 aromatic rings. The number of rotatable bonds is 5. The van der Waals surface area contributed by atoms with Crippen molar-refractivity contribution in [2.45, 2.75) is 25.9 Å². The molecule has 1 N–H and O–H groups in total. The van der Waals surface area contributed by atoms with Gasteiger partial charge in [-0.3, -0.25) is 0 Å². The van der Waals surface area contributed by atoms with Crippen LogP contribution in [0.3, 0.4) is 0 Å². The SMILES string of the molecule is CC(Cc1ccccc1F)NCc1cccs1. The Morgan fingerprint density at radius 3 is 2.76 bits per heavy atom. The summed E-state index contributed by atoms with van der Waals surface area (Å²) in [6.45, 7) is 2.94. The van der Waals surface area contributed by atoms with Gasteiger partial charge in [0.1, 0.15) is 5.82 Å². The summed E-state index contributed by atoms with van der Waals surface area (Å²) in [5.74, 6) is -0.114. The molecular formula is C14H16FNS. The number of halogens is 1. The fraction of sp³-hybridized carbons (Fsp3) is 0.286. The average molecular weight is 249 g/mol. The Hall–Kier alpha value is -1.19. The molecule has 1 nitrogen and oxygen atoms in total. The minimum absolute atomic E-state index is 0.114. The van der Waals surface area contributed by atoms with E-state index in [1.165, 1.54) is 10.9 Å². The molecule has 2 rings (SSSR count). The van der Waals surface area contributed by atoms with Crippen LogP contribution in [0.1, 0.15) is 17.4 Å². The maximum atomic E-state index is 13.4. The Kier molecular flexibility index (Phi) is 4.29. The fourth-order valence-electron chi connectivity index (χ4n) is 1.75. The van der Waals surface area contributed by atoms with Gasteiger partial charge in [-0.1, -0.05) is 24.3 Å². The molecule has 90 valence electrons. The molecule has 1 aromatic carbocycles. The van der Waals surface area contributed by atoms with Crippen molar-refractivity contribution in [2.75, 3.05) is 0 Å². The minimum Gasteiger partial charge on any atom is -0.309 e. The lowest BCUT2D eigenvalue weighted by Crippen LogP contribution is -2.27. The molecule has 1 unspecified atom stereocenters. The number of nitrogens with one attached hydrogen (secondary N) is 1. The van der Waals surface area contributed by atoms with Gasteiger partial charge >= 0.3 is 0 Å². The summed E-state index contributed by atoms with van der Waals surface area (Å²) in [7, 11) is 0. The first-order valence-corrected chi connectivity index (χ1v) is 6.63. The summed E-state index contributed by atoms with van der Waals surface area (Å²) in [6.07, 6.45) is 0.720. The zero-order valence-corrected chi connectivity index (χ0v) is 10.6. The van der Waals surface area contributed by atoms with Gasteiger partial charge < -0.3 is 5.32 Å². The highest BCUT2D eigenvalue weighted by Crippen LogP contribution is 2.11. The molecule has 0 spiro atoms. The molecule has 0 radical (unpaired) electrons. The summed E-state index contributed by atoms with van der Waals surface area (Å²) in [5, 5.41) is 5.47. The average Bonchev–Trinajstić information content (AvgIpc) is 2.82. The summed E-state index contributed by atoms with van der Waals surface area (Å²) in [5.41, 5.74) is 0.777. The molecule has 0 aliphatic rings. The Labute approximate surface area is 105 Å². The van der Waals surface area contributed by atoms with Crippen LogP contribution in [0.4, 0.5) is 4.39 Å². The van der Waals surface area contributed by atoms with Gasteiger partial charge in [-0.15, -0.1) is 11.3 Å². The van der Waals surface area contributed by atoms with Crippen molar-refractivity contribution in [1.29, 1.82) is 0 Å². The summed E-state index contributed by atoms with van der Waals surface area (Å²) >= 11 is 1.74. The van der Waals surface area contributed by atoms with E-state index in [1.807, 2.05) is 18.2 Å². The first-order valence-electron chi connectivity index (χ1n) is 5.75. The van der Waals surface area contributed by atoms with E-state index in [0.29, 0.717) is 0 Å². The van der Waals surface area contributed by atoms with E-state index in [0.717, 1.165) is 18.5 Å². The third-order valence-corrected chi connectivity index (χ3v) is 3.57. The van der Waals surface area contributed by atoms with E-state index in [4.69, 9.17) is 0 Å². The Morgan fingerprint density at radius 1 is 1.24 bits per heavy atom. The van der Waals surface area contributed by atoms with E-state index >= 15 is 0 Å². The van der Waals surface area contributed by atoms with Gasteiger partial charge in [-0.2, -0.15) is 0 Å². The lowest BCUT2D eigenvalue weighted by Gasteiger charge is -2.13. The Morgan fingerprint density at radius 2 is 2.06 bits per heavy atom. The van der Waals surface area contributed by atoms with Gasteiger partial charge in [0.25, 0.3) is 0 Å². The van der Waals surface area contributed by atoms with E-state index < -0.39 is 0 Å². The van der Waals surface area contributed by atoms with Crippen molar-refractivity contribution < 1.29 is 4.39 Å². The highest BCUT2D eigenvalue weighted by molar-refractivity contribution is 7.09. The largest absolute Gasteiger partial charge is 0.309 e. The predicted octanol–water partition coefficient (Wildman–Crippen LogP) is 3.61. The van der Waals surface area contributed by atoms with Crippen LogP contribution in [-0.2, 0) is 13.0 Å². The van der Waals surface area contributed by atoms with Crippen molar-refractivity contribution >= 4 is 11.3 Å². The minimum atomic E-state index is -0.114. The summed E-state index contributed by atoms with van der Waals surface area (Å²) < 4.78 is 13.4. The second-order valence-corrected chi connectivity index (χ2v) is 5.19. The van der Waals surface area contributed by atoms with Gasteiger partial charge in [0.15, 0.2) is 0 Å².